The molecular formula is C31H32B2N4O2. The predicted molar refractivity (Wildman–Crippen MR) is 162 cm³/mol. The molecule has 3 aromatic carbocycles. The lowest BCUT2D eigenvalue weighted by Gasteiger charge is -2.18. The molecule has 1 amide bonds. The number of aromatic amines is 1. The van der Waals surface area contributed by atoms with Crippen LogP contribution in [0.2, 0.25) is 0 Å². The van der Waals surface area contributed by atoms with Crippen LogP contribution in [-0.4, -0.2) is 70.5 Å². The smallest absolute Gasteiger partial charge is 0.245 e. The molecule has 1 heterocycles. The maximum absolute atomic E-state index is 11.6. The van der Waals surface area contributed by atoms with E-state index in [1.165, 1.54) is 4.90 Å². The second kappa shape index (κ2) is 13.2. The highest BCUT2D eigenvalue weighted by Crippen LogP contribution is 2.35. The van der Waals surface area contributed by atoms with E-state index in [1.54, 1.807) is 20.2 Å². The number of hydrogen-bond acceptors (Lipinski definition) is 4. The third-order valence-electron chi connectivity index (χ3n) is 6.47. The van der Waals surface area contributed by atoms with Gasteiger partial charge in [0.1, 0.15) is 28.0 Å². The van der Waals surface area contributed by atoms with Gasteiger partial charge in [-0.3, -0.25) is 9.89 Å². The van der Waals surface area contributed by atoms with Crippen LogP contribution < -0.4 is 21.1 Å². The van der Waals surface area contributed by atoms with Crippen LogP contribution >= 0.6 is 0 Å². The average molecular weight is 514 g/mol. The molecule has 0 saturated heterocycles. The summed E-state index contributed by atoms with van der Waals surface area (Å²) < 4.78 is 5.94. The van der Waals surface area contributed by atoms with E-state index in [1.807, 2.05) is 42.5 Å². The summed E-state index contributed by atoms with van der Waals surface area (Å²) in [6.45, 7) is 3.91. The second-order valence-electron chi connectivity index (χ2n) is 9.38. The molecule has 4 rings (SSSR count). The standard InChI is InChI=1S/C31H32B2N4O2/c1-4-24(25-8-5-6-9-27(25)32)30(22-13-16-28-26(20-22)31(33)36-35-28)21-11-14-23(15-12-21)39-19-18-34-17-7-10-29(38)37(2)3/h5-16,20,34H,4,17-19H2,1-3H3,(H,35,36)/b10-7+,30-24+. The number of nitrogens with one attached hydrogen (secondary N) is 2. The number of benzene rings is 3. The lowest BCUT2D eigenvalue weighted by molar-refractivity contribution is -0.123. The van der Waals surface area contributed by atoms with Crippen LogP contribution in [0.3, 0.4) is 0 Å². The third-order valence-corrected chi connectivity index (χ3v) is 6.47. The molecule has 0 aliphatic heterocycles. The molecule has 4 radical (unpaired) electrons. The van der Waals surface area contributed by atoms with E-state index in [9.17, 15) is 4.79 Å². The number of ether oxygens (including phenoxy) is 1. The predicted octanol–water partition coefficient (Wildman–Crippen LogP) is 3.13. The number of rotatable bonds is 11. The number of nitrogens with zero attached hydrogens (tertiary/aromatic N) is 2. The Balaban J connectivity index is 1.56. The van der Waals surface area contributed by atoms with Crippen molar-refractivity contribution in [2.24, 2.45) is 0 Å². The van der Waals surface area contributed by atoms with E-state index in [2.05, 4.69) is 52.8 Å². The molecule has 0 bridgehead atoms. The molecule has 8 heteroatoms. The van der Waals surface area contributed by atoms with Crippen LogP contribution in [0.5, 0.6) is 5.75 Å². The lowest BCUT2D eigenvalue weighted by atomic mass is 9.81. The number of amides is 1. The monoisotopic (exact) mass is 514 g/mol. The van der Waals surface area contributed by atoms with Crippen LogP contribution in [0.1, 0.15) is 30.0 Å². The van der Waals surface area contributed by atoms with E-state index < -0.39 is 0 Å². The summed E-state index contributed by atoms with van der Waals surface area (Å²) in [7, 11) is 16.0. The van der Waals surface area contributed by atoms with Crippen LogP contribution in [0, 0.1) is 0 Å². The molecule has 2 N–H and O–H groups in total. The minimum atomic E-state index is -0.0316. The highest BCUT2D eigenvalue weighted by molar-refractivity contribution is 6.37. The van der Waals surface area contributed by atoms with Crippen molar-refractivity contribution in [3.63, 3.8) is 0 Å². The Morgan fingerprint density at radius 3 is 2.51 bits per heavy atom. The topological polar surface area (TPSA) is 70.2 Å². The van der Waals surface area contributed by atoms with Crippen molar-refractivity contribution in [2.75, 3.05) is 33.8 Å². The lowest BCUT2D eigenvalue weighted by Crippen LogP contribution is -2.22. The summed E-state index contributed by atoms with van der Waals surface area (Å²) in [5.41, 5.74) is 7.45. The fraction of sp³-hybridized carbons (Fsp3) is 0.226. The van der Waals surface area contributed by atoms with Crippen molar-refractivity contribution in [3.05, 3.63) is 95.6 Å². The Kier molecular flexibility index (Phi) is 9.45. The maximum Gasteiger partial charge on any atom is 0.245 e. The summed E-state index contributed by atoms with van der Waals surface area (Å²) in [4.78, 5) is 13.1. The summed E-state index contributed by atoms with van der Waals surface area (Å²) in [6, 6.07) is 22.2. The zero-order chi connectivity index (χ0) is 27.8. The van der Waals surface area contributed by atoms with Gasteiger partial charge in [0.15, 0.2) is 0 Å². The van der Waals surface area contributed by atoms with Gasteiger partial charge in [-0.25, -0.2) is 0 Å². The molecule has 0 unspecified atom stereocenters. The molecule has 0 atom stereocenters. The van der Waals surface area contributed by atoms with Crippen molar-refractivity contribution in [2.45, 2.75) is 13.3 Å². The van der Waals surface area contributed by atoms with Crippen LogP contribution in [0.4, 0.5) is 0 Å². The summed E-state index contributed by atoms with van der Waals surface area (Å²) >= 11 is 0. The average Bonchev–Trinajstić information content (AvgIpc) is 3.31. The molecule has 6 nitrogen and oxygen atoms in total. The number of aromatic nitrogens is 2. The van der Waals surface area contributed by atoms with E-state index in [4.69, 9.17) is 20.4 Å². The Morgan fingerprint density at radius 1 is 1.05 bits per heavy atom. The number of H-pyrrole nitrogens is 1. The van der Waals surface area contributed by atoms with Crippen LogP contribution in [0.25, 0.3) is 22.0 Å². The van der Waals surface area contributed by atoms with Gasteiger partial charge in [0, 0.05) is 38.6 Å². The van der Waals surface area contributed by atoms with E-state index in [-0.39, 0.29) is 5.91 Å². The number of likely N-dealkylation sites (N-methyl/N-ethyl adjacent to an activating group) is 1. The first-order valence-electron chi connectivity index (χ1n) is 13.0. The SMILES string of the molecule is [B]c1ccccc1/C(CC)=C(\c1ccc(OCCNC/C=C/C(=O)N(C)C)cc1)c1ccc2n[nH]c([B])c2c1. The zero-order valence-corrected chi connectivity index (χ0v) is 22.7. The second-order valence-corrected chi connectivity index (χ2v) is 9.38. The van der Waals surface area contributed by atoms with Crippen LogP contribution in [0.15, 0.2) is 78.9 Å². The number of carbonyl (C=O) groups excluding carboxylic acids is 1. The van der Waals surface area contributed by atoms with Gasteiger partial charge in [-0.2, -0.15) is 5.10 Å². The molecule has 1 aromatic heterocycles. The van der Waals surface area contributed by atoms with Gasteiger partial charge in [0.2, 0.25) is 5.91 Å². The molecule has 0 spiro atoms. The molecule has 0 fully saturated rings. The van der Waals surface area contributed by atoms with Gasteiger partial charge < -0.3 is 15.0 Å². The van der Waals surface area contributed by atoms with Crippen molar-refractivity contribution >= 4 is 54.7 Å². The Hall–Kier alpha value is -4.03. The first kappa shape index (κ1) is 28.0. The van der Waals surface area contributed by atoms with Gasteiger partial charge in [-0.1, -0.05) is 60.9 Å². The van der Waals surface area contributed by atoms with Gasteiger partial charge in [-0.05, 0) is 64.1 Å². The van der Waals surface area contributed by atoms with Crippen molar-refractivity contribution in [1.29, 1.82) is 0 Å². The number of fused-ring (bicyclic) bond motifs is 1. The van der Waals surface area contributed by atoms with Crippen molar-refractivity contribution in [1.82, 2.24) is 20.4 Å². The molecule has 0 aliphatic rings. The minimum Gasteiger partial charge on any atom is -0.492 e. The third kappa shape index (κ3) is 6.89. The number of allylic oxidation sites excluding steroid dienone is 1. The normalized spacial score (nSPS) is 12.1. The fourth-order valence-electron chi connectivity index (χ4n) is 4.43. The quantitative estimate of drug-likeness (QED) is 0.140. The molecule has 194 valence electrons. The van der Waals surface area contributed by atoms with Gasteiger partial charge >= 0.3 is 0 Å². The molecule has 39 heavy (non-hydrogen) atoms. The molecule has 4 aromatic rings. The Bertz CT molecular complexity index is 1490. The minimum absolute atomic E-state index is 0.0316. The molecule has 0 saturated carbocycles. The largest absolute Gasteiger partial charge is 0.492 e. The summed E-state index contributed by atoms with van der Waals surface area (Å²) in [6.07, 6.45) is 4.16. The fourth-order valence-corrected chi connectivity index (χ4v) is 4.43. The van der Waals surface area contributed by atoms with Gasteiger partial charge in [-0.15, -0.1) is 0 Å². The number of hydrogen-bond donors (Lipinski definition) is 2. The van der Waals surface area contributed by atoms with Crippen molar-refractivity contribution in [3.8, 4) is 5.75 Å². The summed E-state index contributed by atoms with van der Waals surface area (Å²) in [5.74, 6) is 0.751. The van der Waals surface area contributed by atoms with E-state index >= 15 is 0 Å². The zero-order valence-electron chi connectivity index (χ0n) is 22.7. The highest BCUT2D eigenvalue weighted by Gasteiger charge is 2.16. The number of carbonyl (C=O) groups is 1. The van der Waals surface area contributed by atoms with Gasteiger partial charge in [0.25, 0.3) is 0 Å². The first-order valence-corrected chi connectivity index (χ1v) is 13.0. The maximum atomic E-state index is 11.6. The highest BCUT2D eigenvalue weighted by atomic mass is 16.5. The van der Waals surface area contributed by atoms with Crippen molar-refractivity contribution < 1.29 is 9.53 Å². The van der Waals surface area contributed by atoms with E-state index in [0.29, 0.717) is 25.3 Å². The Labute approximate surface area is 233 Å². The summed E-state index contributed by atoms with van der Waals surface area (Å²) in [5, 5.41) is 11.3. The molecule has 0 aliphatic carbocycles. The van der Waals surface area contributed by atoms with E-state index in [0.717, 1.165) is 56.4 Å². The Morgan fingerprint density at radius 2 is 1.79 bits per heavy atom. The van der Waals surface area contributed by atoms with Gasteiger partial charge in [0.05, 0.1) is 5.52 Å². The molecular weight excluding hydrogens is 482 g/mol. The van der Waals surface area contributed by atoms with Crippen LogP contribution in [-0.2, 0) is 4.79 Å². The first-order chi connectivity index (χ1) is 18.9.